The smallest absolute Gasteiger partial charge is 0.354 e. The fraction of sp³-hybridized carbons (Fsp3) is 0.421. The number of aromatic nitrogens is 2. The second kappa shape index (κ2) is 6.50. The van der Waals surface area contributed by atoms with Crippen LogP contribution in [0.15, 0.2) is 24.3 Å². The van der Waals surface area contributed by atoms with Gasteiger partial charge in [0.1, 0.15) is 5.82 Å². The summed E-state index contributed by atoms with van der Waals surface area (Å²) in [6.07, 6.45) is 1.89. The van der Waals surface area contributed by atoms with E-state index in [1.807, 2.05) is 6.07 Å². The Morgan fingerprint density at radius 3 is 2.62 bits per heavy atom. The molecule has 136 valence electrons. The van der Waals surface area contributed by atoms with Gasteiger partial charge in [0.05, 0.1) is 5.02 Å². The van der Waals surface area contributed by atoms with Crippen LogP contribution in [0.25, 0.3) is 0 Å². The first-order chi connectivity index (χ1) is 12.4. The van der Waals surface area contributed by atoms with Crippen molar-refractivity contribution in [3.63, 3.8) is 0 Å². The van der Waals surface area contributed by atoms with E-state index in [1.54, 1.807) is 13.0 Å². The summed E-state index contributed by atoms with van der Waals surface area (Å²) in [6, 6.07) is 6.49. The molecule has 0 radical (unpaired) electrons. The highest BCUT2D eigenvalue weighted by atomic mass is 35.5. The molecule has 1 aliphatic heterocycles. The van der Waals surface area contributed by atoms with Crippen molar-refractivity contribution in [2.75, 3.05) is 18.0 Å². The Kier molecular flexibility index (Phi) is 4.31. The van der Waals surface area contributed by atoms with Crippen molar-refractivity contribution in [3.05, 3.63) is 52.1 Å². The number of halogens is 2. The Morgan fingerprint density at radius 2 is 1.96 bits per heavy atom. The zero-order valence-corrected chi connectivity index (χ0v) is 15.1. The molecular formula is C19H19ClFN3O2. The first kappa shape index (κ1) is 17.2. The number of carboxylic acids is 1. The van der Waals surface area contributed by atoms with Gasteiger partial charge in [0.2, 0.25) is 5.95 Å². The van der Waals surface area contributed by atoms with Crippen LogP contribution in [-0.2, 0) is 0 Å². The molecule has 0 bridgehead atoms. The van der Waals surface area contributed by atoms with E-state index in [1.165, 1.54) is 12.1 Å². The minimum Gasteiger partial charge on any atom is -0.477 e. The maximum Gasteiger partial charge on any atom is 0.354 e. The van der Waals surface area contributed by atoms with Gasteiger partial charge in [-0.15, -0.1) is 0 Å². The molecule has 7 heteroatoms. The van der Waals surface area contributed by atoms with E-state index in [0.717, 1.165) is 31.5 Å². The molecule has 1 aliphatic carbocycles. The van der Waals surface area contributed by atoms with Crippen molar-refractivity contribution in [3.8, 4) is 0 Å². The summed E-state index contributed by atoms with van der Waals surface area (Å²) in [6.45, 7) is 3.35. The van der Waals surface area contributed by atoms with Gasteiger partial charge in [0.15, 0.2) is 5.69 Å². The fourth-order valence-corrected chi connectivity index (χ4v) is 4.64. The predicted molar refractivity (Wildman–Crippen MR) is 96.3 cm³/mol. The highest BCUT2D eigenvalue weighted by Crippen LogP contribution is 2.48. The largest absolute Gasteiger partial charge is 0.477 e. The summed E-state index contributed by atoms with van der Waals surface area (Å²) in [5, 5.41) is 9.43. The number of carboxylic acid groups (broad SMARTS) is 1. The number of hydrogen-bond acceptors (Lipinski definition) is 4. The van der Waals surface area contributed by atoms with E-state index in [-0.39, 0.29) is 22.5 Å². The molecule has 2 heterocycles. The molecule has 1 unspecified atom stereocenters. The van der Waals surface area contributed by atoms with Crippen molar-refractivity contribution in [1.29, 1.82) is 0 Å². The van der Waals surface area contributed by atoms with E-state index in [0.29, 0.717) is 23.5 Å². The van der Waals surface area contributed by atoms with Crippen molar-refractivity contribution in [2.45, 2.75) is 25.7 Å². The van der Waals surface area contributed by atoms with E-state index in [2.05, 4.69) is 14.9 Å². The van der Waals surface area contributed by atoms with Crippen molar-refractivity contribution >= 4 is 23.5 Å². The zero-order valence-electron chi connectivity index (χ0n) is 14.3. The Bertz CT molecular complexity index is 862. The molecule has 2 aromatic rings. The number of nitrogens with zero attached hydrogens (tertiary/aromatic N) is 3. The fourth-order valence-electron chi connectivity index (χ4n) is 4.36. The molecule has 2 aliphatic rings. The first-order valence-electron chi connectivity index (χ1n) is 8.70. The number of anilines is 1. The Labute approximate surface area is 155 Å². The van der Waals surface area contributed by atoms with Crippen LogP contribution in [-0.4, -0.2) is 34.1 Å². The minimum absolute atomic E-state index is 0.0222. The van der Waals surface area contributed by atoms with Gasteiger partial charge < -0.3 is 10.0 Å². The molecule has 3 atom stereocenters. The van der Waals surface area contributed by atoms with Gasteiger partial charge in [-0.3, -0.25) is 0 Å². The van der Waals surface area contributed by atoms with Crippen LogP contribution in [0.2, 0.25) is 5.02 Å². The normalized spacial score (nSPS) is 24.7. The van der Waals surface area contributed by atoms with Gasteiger partial charge in [-0.1, -0.05) is 23.7 Å². The number of fused-ring (bicyclic) bond motifs is 1. The summed E-state index contributed by atoms with van der Waals surface area (Å²) < 4.78 is 13.7. The maximum absolute atomic E-state index is 13.7. The molecule has 0 spiro atoms. The average molecular weight is 376 g/mol. The lowest BCUT2D eigenvalue weighted by atomic mass is 9.95. The molecule has 2 fully saturated rings. The first-order valence-corrected chi connectivity index (χ1v) is 9.08. The van der Waals surface area contributed by atoms with Crippen LogP contribution in [0.4, 0.5) is 10.3 Å². The number of carbonyl (C=O) groups is 1. The summed E-state index contributed by atoms with van der Waals surface area (Å²) in [4.78, 5) is 21.9. The minimum atomic E-state index is -1.04. The van der Waals surface area contributed by atoms with E-state index in [9.17, 15) is 14.3 Å². The second-order valence-electron chi connectivity index (χ2n) is 7.24. The number of benzene rings is 1. The molecule has 1 aromatic heterocycles. The van der Waals surface area contributed by atoms with Gasteiger partial charge >= 0.3 is 5.97 Å². The van der Waals surface area contributed by atoms with Crippen molar-refractivity contribution in [1.82, 2.24) is 9.97 Å². The molecule has 1 aromatic carbocycles. The number of aryl methyl sites for hydroxylation is 1. The quantitative estimate of drug-likeness (QED) is 0.881. The third-order valence-electron chi connectivity index (χ3n) is 5.52. The molecule has 1 N–H and O–H groups in total. The lowest BCUT2D eigenvalue weighted by molar-refractivity contribution is 0.0690. The SMILES string of the molecule is Cc1cc(C(=O)O)nc(N2C[C@H]3CC(c4cccc(F)c4Cl)C[C@H]3C2)n1. The van der Waals surface area contributed by atoms with Crippen molar-refractivity contribution < 1.29 is 14.3 Å². The summed E-state index contributed by atoms with van der Waals surface area (Å²) in [5.74, 6) is 0.253. The number of rotatable bonds is 3. The Morgan fingerprint density at radius 1 is 1.27 bits per heavy atom. The standard InChI is InChI=1S/C19H19ClFN3O2/c1-10-5-16(18(25)26)23-19(22-10)24-8-12-6-11(7-13(12)9-24)14-3-2-4-15(21)17(14)20/h2-5,11-13H,6-9H2,1H3,(H,25,26)/t11?,12-,13+. The summed E-state index contributed by atoms with van der Waals surface area (Å²) >= 11 is 6.16. The highest BCUT2D eigenvalue weighted by Gasteiger charge is 2.42. The maximum atomic E-state index is 13.7. The molecule has 0 amide bonds. The van der Waals surface area contributed by atoms with Crippen LogP contribution in [0, 0.1) is 24.6 Å². The number of hydrogen-bond donors (Lipinski definition) is 1. The Hall–Kier alpha value is -2.21. The topological polar surface area (TPSA) is 66.3 Å². The zero-order chi connectivity index (χ0) is 18.4. The molecule has 4 rings (SSSR count). The van der Waals surface area contributed by atoms with Gasteiger partial charge in [-0.25, -0.2) is 19.2 Å². The second-order valence-corrected chi connectivity index (χ2v) is 7.61. The molecule has 5 nitrogen and oxygen atoms in total. The average Bonchev–Trinajstić information content (AvgIpc) is 3.15. The lowest BCUT2D eigenvalue weighted by Gasteiger charge is -2.20. The third kappa shape index (κ3) is 3.03. The van der Waals surface area contributed by atoms with Crippen LogP contribution in [0.1, 0.15) is 40.5 Å². The molecule has 1 saturated carbocycles. The highest BCUT2D eigenvalue weighted by molar-refractivity contribution is 6.31. The van der Waals surface area contributed by atoms with E-state index >= 15 is 0 Å². The van der Waals surface area contributed by atoms with Crippen LogP contribution in [0.5, 0.6) is 0 Å². The van der Waals surface area contributed by atoms with E-state index in [4.69, 9.17) is 11.6 Å². The monoisotopic (exact) mass is 375 g/mol. The molecule has 1 saturated heterocycles. The third-order valence-corrected chi connectivity index (χ3v) is 5.92. The van der Waals surface area contributed by atoms with Crippen LogP contribution in [0.3, 0.4) is 0 Å². The van der Waals surface area contributed by atoms with Gasteiger partial charge in [0.25, 0.3) is 0 Å². The van der Waals surface area contributed by atoms with Gasteiger partial charge in [-0.05, 0) is 55.2 Å². The molecular weight excluding hydrogens is 357 g/mol. The predicted octanol–water partition coefficient (Wildman–Crippen LogP) is 3.91. The lowest BCUT2D eigenvalue weighted by Crippen LogP contribution is -2.25. The summed E-state index contributed by atoms with van der Waals surface area (Å²) in [5.41, 5.74) is 1.57. The van der Waals surface area contributed by atoms with E-state index < -0.39 is 5.97 Å². The van der Waals surface area contributed by atoms with Gasteiger partial charge in [0, 0.05) is 18.8 Å². The van der Waals surface area contributed by atoms with Gasteiger partial charge in [-0.2, -0.15) is 0 Å². The van der Waals surface area contributed by atoms with Crippen LogP contribution < -0.4 is 4.90 Å². The Balaban J connectivity index is 1.50. The number of aromatic carboxylic acids is 1. The summed E-state index contributed by atoms with van der Waals surface area (Å²) in [7, 11) is 0. The molecule has 26 heavy (non-hydrogen) atoms. The van der Waals surface area contributed by atoms with Crippen molar-refractivity contribution in [2.24, 2.45) is 11.8 Å². The van der Waals surface area contributed by atoms with Crippen LogP contribution >= 0.6 is 11.6 Å².